The fourth-order valence-electron chi connectivity index (χ4n) is 1.58. The van der Waals surface area contributed by atoms with Crippen molar-refractivity contribution in [1.29, 1.82) is 0 Å². The van der Waals surface area contributed by atoms with Gasteiger partial charge in [-0.1, -0.05) is 28.1 Å². The summed E-state index contributed by atoms with van der Waals surface area (Å²) in [5.41, 5.74) is 0. The maximum absolute atomic E-state index is 3.50. The van der Waals surface area contributed by atoms with Crippen molar-refractivity contribution in [3.63, 3.8) is 0 Å². The molecule has 0 N–H and O–H groups in total. The van der Waals surface area contributed by atoms with E-state index in [0.717, 1.165) is 4.47 Å². The number of hydrogen-bond acceptors (Lipinski definition) is 0. The van der Waals surface area contributed by atoms with Crippen molar-refractivity contribution >= 4 is 36.7 Å². The number of benzene rings is 2. The molecular formula is C13H15BrS. The molecule has 0 radical (unpaired) electrons. The van der Waals surface area contributed by atoms with Crippen LogP contribution in [0.1, 0.15) is 0 Å². The Morgan fingerprint density at radius 2 is 1.47 bits per heavy atom. The van der Waals surface area contributed by atoms with Crippen LogP contribution in [0.4, 0.5) is 0 Å². The van der Waals surface area contributed by atoms with Gasteiger partial charge in [0, 0.05) is 4.47 Å². The molecule has 2 heteroatoms. The molecule has 2 aromatic rings. The van der Waals surface area contributed by atoms with Gasteiger partial charge in [0.15, 0.2) is 0 Å². The Kier molecular flexibility index (Phi) is 2.82. The second-order valence-electron chi connectivity index (χ2n) is 4.49. The highest BCUT2D eigenvalue weighted by Gasteiger charge is 2.08. The van der Waals surface area contributed by atoms with Crippen LogP contribution in [0.15, 0.2) is 45.8 Å². The molecule has 80 valence electrons. The molecule has 0 saturated carbocycles. The zero-order chi connectivity index (χ0) is 11.1. The highest BCUT2D eigenvalue weighted by molar-refractivity contribution is 9.10. The molecule has 0 spiro atoms. The van der Waals surface area contributed by atoms with Crippen molar-refractivity contribution in [2.24, 2.45) is 0 Å². The monoisotopic (exact) mass is 282 g/mol. The lowest BCUT2D eigenvalue weighted by Gasteiger charge is -2.26. The van der Waals surface area contributed by atoms with E-state index in [1.807, 2.05) is 0 Å². The first-order valence-corrected chi connectivity index (χ1v) is 8.49. The third-order valence-electron chi connectivity index (χ3n) is 2.48. The second kappa shape index (κ2) is 3.84. The van der Waals surface area contributed by atoms with Crippen molar-refractivity contribution in [3.8, 4) is 0 Å². The summed E-state index contributed by atoms with van der Waals surface area (Å²) in [4.78, 5) is 1.47. The first kappa shape index (κ1) is 11.0. The van der Waals surface area contributed by atoms with Crippen LogP contribution in [0, 0.1) is 0 Å². The van der Waals surface area contributed by atoms with E-state index < -0.39 is 10.0 Å². The summed E-state index contributed by atoms with van der Waals surface area (Å²) in [6.45, 7) is 0. The first-order valence-electron chi connectivity index (χ1n) is 4.84. The van der Waals surface area contributed by atoms with Crippen molar-refractivity contribution in [1.82, 2.24) is 0 Å². The molecule has 2 aromatic carbocycles. The molecule has 0 amide bonds. The van der Waals surface area contributed by atoms with Gasteiger partial charge >= 0.3 is 0 Å². The molecule has 0 aromatic heterocycles. The van der Waals surface area contributed by atoms with Crippen molar-refractivity contribution in [2.75, 3.05) is 18.8 Å². The van der Waals surface area contributed by atoms with Crippen LogP contribution in [0.5, 0.6) is 0 Å². The topological polar surface area (TPSA) is 0 Å². The smallest absolute Gasteiger partial charge is 0.0181 e. The van der Waals surface area contributed by atoms with Gasteiger partial charge in [-0.3, -0.25) is 0 Å². The summed E-state index contributed by atoms with van der Waals surface area (Å²) < 4.78 is 1.14. The minimum absolute atomic E-state index is 0.616. The summed E-state index contributed by atoms with van der Waals surface area (Å²) >= 11 is 3.50. The molecule has 0 unspecified atom stereocenters. The van der Waals surface area contributed by atoms with Gasteiger partial charge in [0.05, 0.1) is 0 Å². The van der Waals surface area contributed by atoms with Crippen LogP contribution in [0.25, 0.3) is 10.8 Å². The minimum atomic E-state index is -0.616. The Morgan fingerprint density at radius 1 is 0.867 bits per heavy atom. The average molecular weight is 283 g/mol. The van der Waals surface area contributed by atoms with Gasteiger partial charge in [-0.05, 0) is 58.7 Å². The maximum atomic E-state index is 3.50. The normalized spacial score (nSPS) is 13.1. The molecule has 0 aliphatic carbocycles. The van der Waals surface area contributed by atoms with E-state index in [0.29, 0.717) is 0 Å². The van der Waals surface area contributed by atoms with Crippen LogP contribution >= 0.6 is 26.0 Å². The van der Waals surface area contributed by atoms with Crippen LogP contribution < -0.4 is 0 Å². The zero-order valence-electron chi connectivity index (χ0n) is 9.25. The van der Waals surface area contributed by atoms with Crippen LogP contribution in [-0.4, -0.2) is 18.8 Å². The number of hydrogen-bond donors (Lipinski definition) is 0. The molecule has 0 bridgehead atoms. The average Bonchev–Trinajstić information content (AvgIpc) is 2.15. The molecular weight excluding hydrogens is 268 g/mol. The van der Waals surface area contributed by atoms with Gasteiger partial charge < -0.3 is 0 Å². The fraction of sp³-hybridized carbons (Fsp3) is 0.231. The molecule has 0 fully saturated rings. The summed E-state index contributed by atoms with van der Waals surface area (Å²) in [6, 6.07) is 13.2. The van der Waals surface area contributed by atoms with Gasteiger partial charge in [0.1, 0.15) is 0 Å². The standard InChI is InChI=1S/C13H15BrS/c1-15(2,3)13-7-5-10-8-12(14)6-4-11(10)9-13/h4-9H,1-3H3. The third kappa shape index (κ3) is 2.37. The Balaban J connectivity index is 2.62. The van der Waals surface area contributed by atoms with E-state index in [2.05, 4.69) is 71.1 Å². The van der Waals surface area contributed by atoms with Gasteiger partial charge in [-0.25, -0.2) is 10.0 Å². The predicted molar refractivity (Wildman–Crippen MR) is 75.3 cm³/mol. The SMILES string of the molecule is CS(C)(C)c1ccc2cc(Br)ccc2c1. The third-order valence-corrected chi connectivity index (χ3v) is 4.64. The fourth-order valence-corrected chi connectivity index (χ4v) is 2.91. The largest absolute Gasteiger partial charge is 0.223 e. The van der Waals surface area contributed by atoms with Crippen molar-refractivity contribution in [2.45, 2.75) is 4.90 Å². The van der Waals surface area contributed by atoms with Crippen LogP contribution in [-0.2, 0) is 0 Å². The summed E-state index contributed by atoms with van der Waals surface area (Å²) in [5.74, 6) is 0. The van der Waals surface area contributed by atoms with E-state index in [-0.39, 0.29) is 0 Å². The maximum Gasteiger partial charge on any atom is 0.0181 e. The molecule has 0 heterocycles. The Hall–Kier alpha value is -0.470. The predicted octanol–water partition coefficient (Wildman–Crippen LogP) is 4.66. The summed E-state index contributed by atoms with van der Waals surface area (Å²) in [5, 5.41) is 2.63. The van der Waals surface area contributed by atoms with Crippen LogP contribution in [0.3, 0.4) is 0 Å². The molecule has 0 nitrogen and oxygen atoms in total. The summed E-state index contributed by atoms with van der Waals surface area (Å²) in [6.07, 6.45) is 6.98. The highest BCUT2D eigenvalue weighted by Crippen LogP contribution is 2.45. The lowest BCUT2D eigenvalue weighted by molar-refractivity contribution is 1.47. The molecule has 15 heavy (non-hydrogen) atoms. The lowest BCUT2D eigenvalue weighted by Crippen LogP contribution is -1.92. The van der Waals surface area contributed by atoms with E-state index in [1.54, 1.807) is 0 Å². The first-order chi connectivity index (χ1) is 6.97. The Labute approximate surface area is 101 Å². The van der Waals surface area contributed by atoms with E-state index in [1.165, 1.54) is 15.7 Å². The Bertz CT molecular complexity index is 497. The molecule has 2 rings (SSSR count). The molecule has 0 atom stereocenters. The van der Waals surface area contributed by atoms with Gasteiger partial charge in [0.25, 0.3) is 0 Å². The van der Waals surface area contributed by atoms with Crippen LogP contribution in [0.2, 0.25) is 0 Å². The van der Waals surface area contributed by atoms with E-state index >= 15 is 0 Å². The van der Waals surface area contributed by atoms with Gasteiger partial charge in [-0.2, -0.15) is 0 Å². The van der Waals surface area contributed by atoms with Crippen molar-refractivity contribution in [3.05, 3.63) is 40.9 Å². The number of fused-ring (bicyclic) bond motifs is 1. The zero-order valence-corrected chi connectivity index (χ0v) is 11.7. The Morgan fingerprint density at radius 3 is 2.13 bits per heavy atom. The second-order valence-corrected chi connectivity index (χ2v) is 9.55. The molecule has 0 aliphatic rings. The number of rotatable bonds is 1. The van der Waals surface area contributed by atoms with Crippen molar-refractivity contribution < 1.29 is 0 Å². The van der Waals surface area contributed by atoms with E-state index in [9.17, 15) is 0 Å². The summed E-state index contributed by atoms with van der Waals surface area (Å²) in [7, 11) is -0.616. The molecule has 0 saturated heterocycles. The minimum Gasteiger partial charge on any atom is -0.223 e. The quantitative estimate of drug-likeness (QED) is 0.714. The lowest BCUT2D eigenvalue weighted by atomic mass is 10.1. The highest BCUT2D eigenvalue weighted by atomic mass is 79.9. The molecule has 0 aliphatic heterocycles. The number of halogens is 1. The van der Waals surface area contributed by atoms with E-state index in [4.69, 9.17) is 0 Å². The van der Waals surface area contributed by atoms with Gasteiger partial charge in [-0.15, -0.1) is 0 Å². The van der Waals surface area contributed by atoms with Gasteiger partial charge in [0.2, 0.25) is 0 Å².